The molecule has 3 rings (SSSR count). The van der Waals surface area contributed by atoms with Crippen LogP contribution in [0.1, 0.15) is 29.7 Å². The van der Waals surface area contributed by atoms with E-state index in [4.69, 9.17) is 9.47 Å². The van der Waals surface area contributed by atoms with Gasteiger partial charge in [0.1, 0.15) is 17.7 Å². The van der Waals surface area contributed by atoms with Gasteiger partial charge in [0.2, 0.25) is 5.91 Å². The van der Waals surface area contributed by atoms with Gasteiger partial charge in [-0.3, -0.25) is 4.79 Å². The predicted octanol–water partition coefficient (Wildman–Crippen LogP) is 4.84. The Bertz CT molecular complexity index is 927. The number of nitrogens with one attached hydrogen (secondary N) is 1. The summed E-state index contributed by atoms with van der Waals surface area (Å²) < 4.78 is 24.2. The van der Waals surface area contributed by atoms with Crippen molar-refractivity contribution in [3.8, 4) is 5.75 Å². The zero-order chi connectivity index (χ0) is 21.3. The second-order valence-corrected chi connectivity index (χ2v) is 7.10. The maximum absolute atomic E-state index is 13.3. The molecule has 1 N–H and O–H groups in total. The van der Waals surface area contributed by atoms with Crippen molar-refractivity contribution in [2.24, 2.45) is 0 Å². The molecule has 0 radical (unpaired) electrons. The monoisotopic (exact) mass is 407 g/mol. The molecule has 156 valence electrons. The Morgan fingerprint density at radius 1 is 0.933 bits per heavy atom. The van der Waals surface area contributed by atoms with Gasteiger partial charge in [0.05, 0.1) is 19.8 Å². The van der Waals surface area contributed by atoms with Crippen molar-refractivity contribution in [2.45, 2.75) is 32.1 Å². The van der Waals surface area contributed by atoms with Crippen molar-refractivity contribution in [3.05, 3.63) is 101 Å². The molecule has 0 fully saturated rings. The molecule has 0 saturated carbocycles. The van der Waals surface area contributed by atoms with Crippen LogP contribution < -0.4 is 10.1 Å². The van der Waals surface area contributed by atoms with Crippen molar-refractivity contribution < 1.29 is 18.7 Å². The van der Waals surface area contributed by atoms with E-state index in [9.17, 15) is 9.18 Å². The Morgan fingerprint density at radius 2 is 1.60 bits per heavy atom. The van der Waals surface area contributed by atoms with Crippen LogP contribution in [0.2, 0.25) is 0 Å². The number of methoxy groups -OCH3 is 1. The van der Waals surface area contributed by atoms with E-state index in [1.807, 2.05) is 54.6 Å². The summed E-state index contributed by atoms with van der Waals surface area (Å²) in [7, 11) is 1.61. The van der Waals surface area contributed by atoms with Crippen LogP contribution in [0.15, 0.2) is 78.9 Å². The largest absolute Gasteiger partial charge is 0.497 e. The summed E-state index contributed by atoms with van der Waals surface area (Å²) >= 11 is 0. The average molecular weight is 407 g/mol. The first-order valence-corrected chi connectivity index (χ1v) is 9.89. The Labute approximate surface area is 176 Å². The lowest BCUT2D eigenvalue weighted by Gasteiger charge is -2.22. The number of halogens is 1. The molecule has 0 aliphatic heterocycles. The minimum absolute atomic E-state index is 0.200. The SMILES string of the molecule is COc1ccc(C(Cc2ccc(F)cc2)NC(=O)C(C)OCc2ccccc2)cc1. The summed E-state index contributed by atoms with van der Waals surface area (Å²) in [4.78, 5) is 12.8. The number of carbonyl (C=O) groups is 1. The molecule has 0 aliphatic rings. The van der Waals surface area contributed by atoms with E-state index in [1.165, 1.54) is 12.1 Å². The van der Waals surface area contributed by atoms with Gasteiger partial charge in [-0.05, 0) is 54.3 Å². The van der Waals surface area contributed by atoms with E-state index in [-0.39, 0.29) is 17.8 Å². The highest BCUT2D eigenvalue weighted by molar-refractivity contribution is 5.80. The van der Waals surface area contributed by atoms with Gasteiger partial charge in [0.15, 0.2) is 0 Å². The van der Waals surface area contributed by atoms with E-state index in [0.29, 0.717) is 13.0 Å². The van der Waals surface area contributed by atoms with Crippen molar-refractivity contribution >= 4 is 5.91 Å². The summed E-state index contributed by atoms with van der Waals surface area (Å²) in [5, 5.41) is 3.07. The van der Waals surface area contributed by atoms with Gasteiger partial charge in [-0.15, -0.1) is 0 Å². The third-order valence-corrected chi connectivity index (χ3v) is 4.90. The molecule has 30 heavy (non-hydrogen) atoms. The molecule has 5 heteroatoms. The Kier molecular flexibility index (Phi) is 7.57. The number of ether oxygens (including phenoxy) is 2. The molecule has 4 nitrogen and oxygen atoms in total. The Morgan fingerprint density at radius 3 is 2.23 bits per heavy atom. The highest BCUT2D eigenvalue weighted by Crippen LogP contribution is 2.22. The van der Waals surface area contributed by atoms with Gasteiger partial charge in [-0.1, -0.05) is 54.6 Å². The van der Waals surface area contributed by atoms with Crippen LogP contribution in [0.5, 0.6) is 5.75 Å². The highest BCUT2D eigenvalue weighted by Gasteiger charge is 2.20. The third kappa shape index (κ3) is 6.16. The minimum Gasteiger partial charge on any atom is -0.497 e. The predicted molar refractivity (Wildman–Crippen MR) is 115 cm³/mol. The third-order valence-electron chi connectivity index (χ3n) is 4.90. The zero-order valence-corrected chi connectivity index (χ0v) is 17.2. The van der Waals surface area contributed by atoms with Crippen LogP contribution >= 0.6 is 0 Å². The molecule has 2 atom stereocenters. The summed E-state index contributed by atoms with van der Waals surface area (Å²) in [6.45, 7) is 2.10. The maximum Gasteiger partial charge on any atom is 0.249 e. The fourth-order valence-corrected chi connectivity index (χ4v) is 3.10. The Hall–Kier alpha value is -3.18. The summed E-state index contributed by atoms with van der Waals surface area (Å²) in [5.41, 5.74) is 2.87. The minimum atomic E-state index is -0.612. The number of benzene rings is 3. The molecule has 0 aromatic heterocycles. The number of rotatable bonds is 9. The van der Waals surface area contributed by atoms with E-state index >= 15 is 0 Å². The van der Waals surface area contributed by atoms with Gasteiger partial charge < -0.3 is 14.8 Å². The number of carbonyl (C=O) groups excluding carboxylic acids is 1. The molecule has 0 aliphatic carbocycles. The molecular formula is C25H26FNO3. The van der Waals surface area contributed by atoms with E-state index in [0.717, 1.165) is 22.4 Å². The summed E-state index contributed by atoms with van der Waals surface area (Å²) in [6, 6.07) is 23.3. The van der Waals surface area contributed by atoms with Gasteiger partial charge in [-0.25, -0.2) is 4.39 Å². The summed E-state index contributed by atoms with van der Waals surface area (Å²) in [5.74, 6) is 0.255. The smallest absolute Gasteiger partial charge is 0.249 e. The molecule has 2 unspecified atom stereocenters. The highest BCUT2D eigenvalue weighted by atomic mass is 19.1. The number of hydrogen-bond acceptors (Lipinski definition) is 3. The number of hydrogen-bond donors (Lipinski definition) is 1. The first-order chi connectivity index (χ1) is 14.5. The van der Waals surface area contributed by atoms with Crippen molar-refractivity contribution in [1.29, 1.82) is 0 Å². The Balaban J connectivity index is 1.69. The second kappa shape index (κ2) is 10.6. The lowest BCUT2D eigenvalue weighted by atomic mass is 9.98. The molecular weight excluding hydrogens is 381 g/mol. The maximum atomic E-state index is 13.3. The molecule has 3 aromatic carbocycles. The molecule has 3 aromatic rings. The fourth-order valence-electron chi connectivity index (χ4n) is 3.10. The average Bonchev–Trinajstić information content (AvgIpc) is 2.79. The fraction of sp³-hybridized carbons (Fsp3) is 0.240. The van der Waals surface area contributed by atoms with Gasteiger partial charge in [-0.2, -0.15) is 0 Å². The lowest BCUT2D eigenvalue weighted by molar-refractivity contribution is -0.133. The standard InChI is InChI=1S/C25H26FNO3/c1-18(30-17-20-6-4-3-5-7-20)25(28)27-24(16-19-8-12-22(26)13-9-19)21-10-14-23(29-2)15-11-21/h3-15,18,24H,16-17H2,1-2H3,(H,27,28). The number of amides is 1. The van der Waals surface area contributed by atoms with Crippen LogP contribution in [0, 0.1) is 5.82 Å². The van der Waals surface area contributed by atoms with Crippen LogP contribution in [0.4, 0.5) is 4.39 Å². The lowest BCUT2D eigenvalue weighted by Crippen LogP contribution is -2.38. The van der Waals surface area contributed by atoms with E-state index < -0.39 is 6.10 Å². The normalized spacial score (nSPS) is 12.8. The van der Waals surface area contributed by atoms with Gasteiger partial charge in [0, 0.05) is 0 Å². The first kappa shape index (κ1) is 21.5. The van der Waals surface area contributed by atoms with Crippen molar-refractivity contribution in [3.63, 3.8) is 0 Å². The van der Waals surface area contributed by atoms with Gasteiger partial charge in [0.25, 0.3) is 0 Å². The van der Waals surface area contributed by atoms with Gasteiger partial charge >= 0.3 is 0 Å². The molecule has 0 saturated heterocycles. The van der Waals surface area contributed by atoms with Crippen LogP contribution in [0.25, 0.3) is 0 Å². The second-order valence-electron chi connectivity index (χ2n) is 7.10. The molecule has 0 heterocycles. The van der Waals surface area contributed by atoms with E-state index in [2.05, 4.69) is 5.32 Å². The first-order valence-electron chi connectivity index (χ1n) is 9.89. The molecule has 1 amide bonds. The summed E-state index contributed by atoms with van der Waals surface area (Å²) in [6.07, 6.45) is -0.0804. The van der Waals surface area contributed by atoms with Crippen LogP contribution in [0.3, 0.4) is 0 Å². The van der Waals surface area contributed by atoms with Crippen molar-refractivity contribution in [1.82, 2.24) is 5.32 Å². The van der Waals surface area contributed by atoms with Crippen LogP contribution in [-0.4, -0.2) is 19.1 Å². The molecule has 0 spiro atoms. The van der Waals surface area contributed by atoms with E-state index in [1.54, 1.807) is 26.2 Å². The zero-order valence-electron chi connectivity index (χ0n) is 17.2. The molecule has 0 bridgehead atoms. The topological polar surface area (TPSA) is 47.6 Å². The quantitative estimate of drug-likeness (QED) is 0.552. The van der Waals surface area contributed by atoms with Crippen LogP contribution in [-0.2, 0) is 22.6 Å². The van der Waals surface area contributed by atoms with Crippen molar-refractivity contribution in [2.75, 3.05) is 7.11 Å².